The first kappa shape index (κ1) is 18.4. The van der Waals surface area contributed by atoms with Gasteiger partial charge in [0.05, 0.1) is 17.4 Å². The highest BCUT2D eigenvalue weighted by Crippen LogP contribution is 2.42. The van der Waals surface area contributed by atoms with E-state index in [4.69, 9.17) is 0 Å². The van der Waals surface area contributed by atoms with Crippen LogP contribution >= 0.6 is 0 Å². The van der Waals surface area contributed by atoms with Crippen LogP contribution in [0.25, 0.3) is 11.3 Å². The van der Waals surface area contributed by atoms with Crippen LogP contribution in [0.4, 0.5) is 13.2 Å². The maximum absolute atomic E-state index is 12.9. The summed E-state index contributed by atoms with van der Waals surface area (Å²) >= 11 is 0. The first-order chi connectivity index (χ1) is 12.9. The molecule has 1 aromatic carbocycles. The van der Waals surface area contributed by atoms with Gasteiger partial charge in [-0.2, -0.15) is 13.2 Å². The van der Waals surface area contributed by atoms with Gasteiger partial charge in [0.15, 0.2) is 0 Å². The molecule has 1 aromatic heterocycles. The number of alkyl halides is 3. The Morgan fingerprint density at radius 1 is 1.04 bits per heavy atom. The number of aliphatic hydroxyl groups excluding tert-OH is 1. The van der Waals surface area contributed by atoms with Gasteiger partial charge >= 0.3 is 6.18 Å². The number of halogens is 3. The van der Waals surface area contributed by atoms with E-state index in [9.17, 15) is 18.3 Å². The molecule has 3 nitrogen and oxygen atoms in total. The maximum atomic E-state index is 12.9. The maximum Gasteiger partial charge on any atom is 0.416 e. The minimum atomic E-state index is -4.35. The molecule has 2 fully saturated rings. The number of hydrogen-bond donors (Lipinski definition) is 2. The fourth-order valence-corrected chi connectivity index (χ4v) is 3.94. The van der Waals surface area contributed by atoms with Crippen LogP contribution < -0.4 is 5.32 Å². The average Bonchev–Trinajstić information content (AvgIpc) is 3.42. The molecular weight excluding hydrogens is 353 g/mol. The Labute approximate surface area is 156 Å². The van der Waals surface area contributed by atoms with Crippen molar-refractivity contribution in [1.82, 2.24) is 10.3 Å². The fourth-order valence-electron chi connectivity index (χ4n) is 3.94. The lowest BCUT2D eigenvalue weighted by Gasteiger charge is -2.26. The summed E-state index contributed by atoms with van der Waals surface area (Å²) in [6, 6.07) is 9.96. The molecule has 2 atom stereocenters. The van der Waals surface area contributed by atoms with Gasteiger partial charge in [-0.1, -0.05) is 18.2 Å². The third-order valence-corrected chi connectivity index (χ3v) is 5.64. The van der Waals surface area contributed by atoms with E-state index in [1.165, 1.54) is 6.07 Å². The summed E-state index contributed by atoms with van der Waals surface area (Å²) in [6.07, 6.45) is 2.10. The first-order valence-electron chi connectivity index (χ1n) is 9.48. The van der Waals surface area contributed by atoms with Crippen molar-refractivity contribution in [2.45, 2.75) is 62.4 Å². The summed E-state index contributed by atoms with van der Waals surface area (Å²) in [7, 11) is 0. The molecule has 0 spiro atoms. The standard InChI is InChI=1S/C21H23F3N2O/c22-21(23,24)15-3-1-2-13(10-15)19-9-4-14(12-25-19)18-11-20(18)26-16-5-7-17(27)8-6-16/h1-4,9-10,12,16-18,20,26-27H,5-8,11H2/t16?,17?,18-,20+/m0/s1. The highest BCUT2D eigenvalue weighted by Gasteiger charge is 2.40. The molecule has 27 heavy (non-hydrogen) atoms. The number of pyridine rings is 1. The number of rotatable bonds is 4. The average molecular weight is 376 g/mol. The van der Waals surface area contributed by atoms with Crippen molar-refractivity contribution in [2.75, 3.05) is 0 Å². The number of hydrogen-bond acceptors (Lipinski definition) is 3. The van der Waals surface area contributed by atoms with Gasteiger partial charge in [-0.15, -0.1) is 0 Å². The van der Waals surface area contributed by atoms with Gasteiger partial charge < -0.3 is 10.4 Å². The van der Waals surface area contributed by atoms with Crippen molar-refractivity contribution in [3.05, 3.63) is 53.7 Å². The van der Waals surface area contributed by atoms with Gasteiger partial charge in [-0.3, -0.25) is 4.98 Å². The molecule has 0 amide bonds. The Bertz CT molecular complexity index is 783. The highest BCUT2D eigenvalue weighted by atomic mass is 19.4. The van der Waals surface area contributed by atoms with Crippen LogP contribution in [0.1, 0.15) is 49.1 Å². The smallest absolute Gasteiger partial charge is 0.393 e. The Morgan fingerprint density at radius 3 is 2.48 bits per heavy atom. The highest BCUT2D eigenvalue weighted by molar-refractivity contribution is 5.60. The minimum Gasteiger partial charge on any atom is -0.393 e. The van der Waals surface area contributed by atoms with Crippen molar-refractivity contribution < 1.29 is 18.3 Å². The van der Waals surface area contributed by atoms with Crippen LogP contribution in [-0.4, -0.2) is 28.3 Å². The number of nitrogens with one attached hydrogen (secondary N) is 1. The van der Waals surface area contributed by atoms with Crippen LogP contribution in [-0.2, 0) is 6.18 Å². The fraction of sp³-hybridized carbons (Fsp3) is 0.476. The molecule has 144 valence electrons. The van der Waals surface area contributed by atoms with E-state index in [2.05, 4.69) is 10.3 Å². The Balaban J connectivity index is 1.39. The van der Waals surface area contributed by atoms with E-state index < -0.39 is 11.7 Å². The zero-order valence-corrected chi connectivity index (χ0v) is 14.9. The van der Waals surface area contributed by atoms with E-state index in [1.54, 1.807) is 18.3 Å². The van der Waals surface area contributed by atoms with Crippen LogP contribution in [0.5, 0.6) is 0 Å². The van der Waals surface area contributed by atoms with Crippen molar-refractivity contribution in [2.24, 2.45) is 0 Å². The summed E-state index contributed by atoms with van der Waals surface area (Å²) in [5.74, 6) is 0.417. The molecule has 2 N–H and O–H groups in total. The van der Waals surface area contributed by atoms with E-state index in [0.717, 1.165) is 49.8 Å². The van der Waals surface area contributed by atoms with E-state index in [-0.39, 0.29) is 6.10 Å². The SMILES string of the molecule is OC1CCC(N[C@@H]2C[C@H]2c2ccc(-c3cccc(C(F)(F)F)c3)nc2)CC1. The van der Waals surface area contributed by atoms with E-state index in [1.807, 2.05) is 6.07 Å². The minimum absolute atomic E-state index is 0.148. The predicted molar refractivity (Wildman–Crippen MR) is 97.2 cm³/mol. The molecule has 0 radical (unpaired) electrons. The van der Waals surface area contributed by atoms with Crippen LogP contribution in [0.15, 0.2) is 42.6 Å². The second kappa shape index (κ2) is 7.24. The largest absolute Gasteiger partial charge is 0.416 e. The lowest BCUT2D eigenvalue weighted by molar-refractivity contribution is -0.137. The summed E-state index contributed by atoms with van der Waals surface area (Å²) < 4.78 is 38.6. The summed E-state index contributed by atoms with van der Waals surface area (Å²) in [5, 5.41) is 13.3. The molecule has 0 aliphatic heterocycles. The summed E-state index contributed by atoms with van der Waals surface area (Å²) in [6.45, 7) is 0. The molecule has 0 saturated heterocycles. The van der Waals surface area contributed by atoms with Gasteiger partial charge in [0.1, 0.15) is 0 Å². The Kier molecular flexibility index (Phi) is 4.95. The van der Waals surface area contributed by atoms with E-state index >= 15 is 0 Å². The monoisotopic (exact) mass is 376 g/mol. The summed E-state index contributed by atoms with van der Waals surface area (Å²) in [5.41, 5.74) is 1.49. The van der Waals surface area contributed by atoms with Gasteiger partial charge in [-0.05, 0) is 55.9 Å². The van der Waals surface area contributed by atoms with Crippen molar-refractivity contribution in [3.8, 4) is 11.3 Å². The topological polar surface area (TPSA) is 45.1 Å². The quantitative estimate of drug-likeness (QED) is 0.825. The second-order valence-corrected chi connectivity index (χ2v) is 7.68. The van der Waals surface area contributed by atoms with Gasteiger partial charge in [0.25, 0.3) is 0 Å². The summed E-state index contributed by atoms with van der Waals surface area (Å²) in [4.78, 5) is 4.40. The van der Waals surface area contributed by atoms with E-state index in [0.29, 0.717) is 29.3 Å². The third-order valence-electron chi connectivity index (χ3n) is 5.64. The molecule has 2 aliphatic rings. The van der Waals surface area contributed by atoms with Crippen molar-refractivity contribution in [3.63, 3.8) is 0 Å². The van der Waals surface area contributed by atoms with Crippen LogP contribution in [0, 0.1) is 0 Å². The third kappa shape index (κ3) is 4.33. The molecule has 2 aromatic rings. The van der Waals surface area contributed by atoms with Gasteiger partial charge in [0.2, 0.25) is 0 Å². The molecule has 0 bridgehead atoms. The molecular formula is C21H23F3N2O. The van der Waals surface area contributed by atoms with Crippen molar-refractivity contribution >= 4 is 0 Å². The molecule has 6 heteroatoms. The Hall–Kier alpha value is -1.92. The number of aromatic nitrogens is 1. The Morgan fingerprint density at radius 2 is 1.81 bits per heavy atom. The second-order valence-electron chi connectivity index (χ2n) is 7.68. The predicted octanol–water partition coefficient (Wildman–Crippen LogP) is 4.52. The van der Waals surface area contributed by atoms with Crippen molar-refractivity contribution in [1.29, 1.82) is 0 Å². The molecule has 0 unspecified atom stereocenters. The zero-order chi connectivity index (χ0) is 19.0. The first-order valence-corrected chi connectivity index (χ1v) is 9.48. The molecule has 2 aliphatic carbocycles. The lowest BCUT2D eigenvalue weighted by atomic mass is 9.93. The molecule has 1 heterocycles. The normalized spacial score (nSPS) is 28.1. The van der Waals surface area contributed by atoms with Gasteiger partial charge in [0, 0.05) is 29.8 Å². The number of aliphatic hydroxyl groups is 1. The van der Waals surface area contributed by atoms with Crippen LogP contribution in [0.2, 0.25) is 0 Å². The van der Waals surface area contributed by atoms with Crippen LogP contribution in [0.3, 0.4) is 0 Å². The number of nitrogens with zero attached hydrogens (tertiary/aromatic N) is 1. The molecule has 2 saturated carbocycles. The lowest BCUT2D eigenvalue weighted by Crippen LogP contribution is -2.36. The molecule has 4 rings (SSSR count). The number of benzene rings is 1. The zero-order valence-electron chi connectivity index (χ0n) is 14.9. The van der Waals surface area contributed by atoms with Gasteiger partial charge in [-0.25, -0.2) is 0 Å².